The Morgan fingerprint density at radius 2 is 1.94 bits per heavy atom. The summed E-state index contributed by atoms with van der Waals surface area (Å²) < 4.78 is 5.00. The molecule has 5 nitrogen and oxygen atoms in total. The summed E-state index contributed by atoms with van der Waals surface area (Å²) in [5, 5.41) is 2.58. The van der Waals surface area contributed by atoms with Crippen LogP contribution in [-0.4, -0.2) is 24.5 Å². The van der Waals surface area contributed by atoms with Crippen molar-refractivity contribution in [1.29, 1.82) is 0 Å². The first kappa shape index (κ1) is 13.0. The summed E-state index contributed by atoms with van der Waals surface area (Å²) in [5.74, 6) is -0.847. The molecule has 1 atom stereocenters. The minimum absolute atomic E-state index is 0.309. The van der Waals surface area contributed by atoms with E-state index in [-0.39, 0.29) is 5.91 Å². The molecule has 0 unspecified atom stereocenters. The number of anilines is 1. The molecule has 92 valence electrons. The van der Waals surface area contributed by atoms with Gasteiger partial charge in [0.15, 0.2) is 6.10 Å². The number of nitrogen functional groups attached to an aromatic ring is 1. The summed E-state index contributed by atoms with van der Waals surface area (Å²) in [5.41, 5.74) is 6.44. The molecular weight excluding hydrogens is 220 g/mol. The lowest BCUT2D eigenvalue weighted by Crippen LogP contribution is -2.35. The van der Waals surface area contributed by atoms with Crippen molar-refractivity contribution in [2.24, 2.45) is 0 Å². The van der Waals surface area contributed by atoms with Crippen molar-refractivity contribution in [2.75, 3.05) is 12.3 Å². The number of nitrogens with one attached hydrogen (secondary N) is 1. The molecule has 3 N–H and O–H groups in total. The number of ether oxygens (including phenoxy) is 1. The smallest absolute Gasteiger partial charge is 0.338 e. The number of hydrogen-bond acceptors (Lipinski definition) is 4. The van der Waals surface area contributed by atoms with Crippen LogP contribution in [0.15, 0.2) is 24.3 Å². The van der Waals surface area contributed by atoms with Crippen molar-refractivity contribution in [1.82, 2.24) is 5.32 Å². The van der Waals surface area contributed by atoms with E-state index in [9.17, 15) is 9.59 Å². The van der Waals surface area contributed by atoms with Crippen LogP contribution in [0.1, 0.15) is 24.2 Å². The number of amides is 1. The van der Waals surface area contributed by atoms with Crippen LogP contribution in [0.25, 0.3) is 0 Å². The van der Waals surface area contributed by atoms with Crippen LogP contribution >= 0.6 is 0 Å². The first-order valence-corrected chi connectivity index (χ1v) is 5.38. The van der Waals surface area contributed by atoms with Crippen molar-refractivity contribution in [3.63, 3.8) is 0 Å². The fourth-order valence-corrected chi connectivity index (χ4v) is 1.22. The van der Waals surface area contributed by atoms with Gasteiger partial charge in [-0.15, -0.1) is 0 Å². The highest BCUT2D eigenvalue weighted by Gasteiger charge is 2.17. The van der Waals surface area contributed by atoms with Gasteiger partial charge in [-0.05, 0) is 38.1 Å². The Morgan fingerprint density at radius 1 is 1.35 bits per heavy atom. The highest BCUT2D eigenvalue weighted by molar-refractivity contribution is 5.92. The minimum Gasteiger partial charge on any atom is -0.449 e. The maximum Gasteiger partial charge on any atom is 0.338 e. The van der Waals surface area contributed by atoms with E-state index in [1.54, 1.807) is 31.2 Å². The Hall–Kier alpha value is -2.04. The standard InChI is InChI=1S/C12H16N2O3/c1-3-14-11(15)8(2)17-12(16)9-4-6-10(13)7-5-9/h4-8H,3,13H2,1-2H3,(H,14,15)/t8-/m1/s1. The van der Waals surface area contributed by atoms with Crippen molar-refractivity contribution in [3.8, 4) is 0 Å². The molecule has 0 spiro atoms. The van der Waals surface area contributed by atoms with Crippen LogP contribution in [0.3, 0.4) is 0 Å². The predicted molar refractivity (Wildman–Crippen MR) is 64.4 cm³/mol. The lowest BCUT2D eigenvalue weighted by Gasteiger charge is -2.12. The molecule has 1 aromatic carbocycles. The van der Waals surface area contributed by atoms with Gasteiger partial charge >= 0.3 is 5.97 Å². The van der Waals surface area contributed by atoms with Crippen LogP contribution in [0, 0.1) is 0 Å². The van der Waals surface area contributed by atoms with Crippen LogP contribution in [0.5, 0.6) is 0 Å². The zero-order chi connectivity index (χ0) is 12.8. The van der Waals surface area contributed by atoms with Gasteiger partial charge in [0.05, 0.1) is 5.56 Å². The van der Waals surface area contributed by atoms with E-state index in [2.05, 4.69) is 5.32 Å². The molecule has 0 fully saturated rings. The number of carbonyl (C=O) groups excluding carboxylic acids is 2. The van der Waals surface area contributed by atoms with Crippen LogP contribution in [0.4, 0.5) is 5.69 Å². The molecule has 1 rings (SSSR count). The largest absolute Gasteiger partial charge is 0.449 e. The maximum atomic E-state index is 11.6. The van der Waals surface area contributed by atoms with Gasteiger partial charge in [0, 0.05) is 12.2 Å². The van der Waals surface area contributed by atoms with Crippen LogP contribution in [-0.2, 0) is 9.53 Å². The average Bonchev–Trinajstić information content (AvgIpc) is 2.30. The fraction of sp³-hybridized carbons (Fsp3) is 0.333. The monoisotopic (exact) mass is 236 g/mol. The Balaban J connectivity index is 2.60. The summed E-state index contributed by atoms with van der Waals surface area (Å²) >= 11 is 0. The van der Waals surface area contributed by atoms with Gasteiger partial charge in [0.1, 0.15) is 0 Å². The molecule has 1 amide bonds. The molecular formula is C12H16N2O3. The molecule has 0 heterocycles. The SMILES string of the molecule is CCNC(=O)[C@@H](C)OC(=O)c1ccc(N)cc1. The third-order valence-corrected chi connectivity index (χ3v) is 2.15. The van der Waals surface area contributed by atoms with Gasteiger partial charge in [-0.25, -0.2) is 4.79 Å². The Labute approximate surface area is 99.9 Å². The first-order valence-electron chi connectivity index (χ1n) is 5.38. The first-order chi connectivity index (χ1) is 8.04. The summed E-state index contributed by atoms with van der Waals surface area (Å²) in [7, 11) is 0. The van der Waals surface area contributed by atoms with Gasteiger partial charge in [-0.1, -0.05) is 0 Å². The second kappa shape index (κ2) is 5.89. The number of carbonyl (C=O) groups is 2. The fourth-order valence-electron chi connectivity index (χ4n) is 1.22. The van der Waals surface area contributed by atoms with E-state index in [4.69, 9.17) is 10.5 Å². The van der Waals surface area contributed by atoms with Gasteiger partial charge in [0.2, 0.25) is 0 Å². The van der Waals surface area contributed by atoms with E-state index in [0.717, 1.165) is 0 Å². The number of hydrogen-bond donors (Lipinski definition) is 2. The Kier molecular flexibility index (Phi) is 4.51. The lowest BCUT2D eigenvalue weighted by atomic mass is 10.2. The Morgan fingerprint density at radius 3 is 2.47 bits per heavy atom. The quantitative estimate of drug-likeness (QED) is 0.602. The van der Waals surface area contributed by atoms with Gasteiger partial charge < -0.3 is 15.8 Å². The molecule has 0 saturated heterocycles. The average molecular weight is 236 g/mol. The molecule has 0 aromatic heterocycles. The molecule has 0 bridgehead atoms. The molecule has 0 aliphatic rings. The minimum atomic E-state index is -0.806. The van der Waals surface area contributed by atoms with E-state index in [1.807, 2.05) is 0 Å². The lowest BCUT2D eigenvalue weighted by molar-refractivity contribution is -0.128. The zero-order valence-corrected chi connectivity index (χ0v) is 9.90. The second-order valence-corrected chi connectivity index (χ2v) is 3.56. The third-order valence-electron chi connectivity index (χ3n) is 2.15. The maximum absolute atomic E-state index is 11.6. The number of nitrogens with two attached hydrogens (primary N) is 1. The predicted octanol–water partition coefficient (Wildman–Crippen LogP) is 0.950. The highest BCUT2D eigenvalue weighted by atomic mass is 16.5. The summed E-state index contributed by atoms with van der Waals surface area (Å²) in [4.78, 5) is 23.0. The highest BCUT2D eigenvalue weighted by Crippen LogP contribution is 2.08. The van der Waals surface area contributed by atoms with Crippen LogP contribution in [0.2, 0.25) is 0 Å². The van der Waals surface area contributed by atoms with Crippen molar-refractivity contribution >= 4 is 17.6 Å². The summed E-state index contributed by atoms with van der Waals surface area (Å²) in [6.07, 6.45) is -0.806. The number of benzene rings is 1. The molecule has 17 heavy (non-hydrogen) atoms. The summed E-state index contributed by atoms with van der Waals surface area (Å²) in [6.45, 7) is 3.83. The Bertz CT molecular complexity index is 401. The molecule has 0 aliphatic heterocycles. The van der Waals surface area contributed by atoms with E-state index in [1.165, 1.54) is 6.92 Å². The van der Waals surface area contributed by atoms with Gasteiger partial charge in [0.25, 0.3) is 5.91 Å². The molecule has 5 heteroatoms. The number of esters is 1. The van der Waals surface area contributed by atoms with Crippen molar-refractivity contribution < 1.29 is 14.3 Å². The van der Waals surface area contributed by atoms with Gasteiger partial charge in [-0.3, -0.25) is 4.79 Å². The molecule has 1 aromatic rings. The molecule has 0 saturated carbocycles. The topological polar surface area (TPSA) is 81.4 Å². The van der Waals surface area contributed by atoms with E-state index >= 15 is 0 Å². The van der Waals surface area contributed by atoms with Crippen molar-refractivity contribution in [2.45, 2.75) is 20.0 Å². The van der Waals surface area contributed by atoms with Gasteiger partial charge in [-0.2, -0.15) is 0 Å². The summed E-state index contributed by atoms with van der Waals surface area (Å²) in [6, 6.07) is 6.32. The molecule has 0 radical (unpaired) electrons. The number of likely N-dealkylation sites (N-methyl/N-ethyl adjacent to an activating group) is 1. The normalized spacial score (nSPS) is 11.6. The molecule has 0 aliphatic carbocycles. The van der Waals surface area contributed by atoms with Crippen molar-refractivity contribution in [3.05, 3.63) is 29.8 Å². The van der Waals surface area contributed by atoms with E-state index in [0.29, 0.717) is 17.8 Å². The second-order valence-electron chi connectivity index (χ2n) is 3.56. The van der Waals surface area contributed by atoms with E-state index < -0.39 is 12.1 Å². The number of rotatable bonds is 4. The van der Waals surface area contributed by atoms with Crippen LogP contribution < -0.4 is 11.1 Å². The zero-order valence-electron chi connectivity index (χ0n) is 9.90. The third kappa shape index (κ3) is 3.79.